The van der Waals surface area contributed by atoms with Crippen LogP contribution in [0.5, 0.6) is 0 Å². The summed E-state index contributed by atoms with van der Waals surface area (Å²) in [4.78, 5) is 22.3. The molecule has 8 nitrogen and oxygen atoms in total. The summed E-state index contributed by atoms with van der Waals surface area (Å²) in [5, 5.41) is 0.559. The smallest absolute Gasteiger partial charge is 0.261 e. The van der Waals surface area contributed by atoms with Gasteiger partial charge in [0.2, 0.25) is 10.0 Å². The van der Waals surface area contributed by atoms with Crippen LogP contribution < -0.4 is 5.56 Å². The maximum absolute atomic E-state index is 13.1. The van der Waals surface area contributed by atoms with Crippen LogP contribution in [-0.2, 0) is 23.1 Å². The lowest BCUT2D eigenvalue weighted by molar-refractivity contribution is 0.346. The standard InChI is InChI=1S/C23H25N5O3S/c1-2-28-21-11-10-17(32(30,31)27-12-6-3-7-13-27)14-20(21)25-22(28)15-26-16-24-19-9-5-4-8-18(19)23(26)29/h4-5,8-11,14,16H,2-3,6-7,12-13,15H2,1H3. The van der Waals surface area contributed by atoms with E-state index in [1.807, 2.05) is 35.8 Å². The van der Waals surface area contributed by atoms with Crippen molar-refractivity contribution in [1.29, 1.82) is 0 Å². The summed E-state index contributed by atoms with van der Waals surface area (Å²) in [5.41, 5.74) is 1.99. The van der Waals surface area contributed by atoms with Gasteiger partial charge in [-0.2, -0.15) is 4.31 Å². The molecule has 1 aliphatic heterocycles. The molecule has 2 aromatic carbocycles. The Labute approximate surface area is 186 Å². The van der Waals surface area contributed by atoms with Crippen molar-refractivity contribution < 1.29 is 8.42 Å². The van der Waals surface area contributed by atoms with Crippen LogP contribution in [0.15, 0.2) is 58.5 Å². The highest BCUT2D eigenvalue weighted by Crippen LogP contribution is 2.25. The Morgan fingerprint density at radius 2 is 1.78 bits per heavy atom. The fourth-order valence-electron chi connectivity index (χ4n) is 4.42. The molecule has 0 bridgehead atoms. The summed E-state index contributed by atoms with van der Waals surface area (Å²) in [6.07, 6.45) is 4.39. The molecular weight excluding hydrogens is 426 g/mol. The topological polar surface area (TPSA) is 90.1 Å². The largest absolute Gasteiger partial charge is 0.327 e. The predicted molar refractivity (Wildman–Crippen MR) is 123 cm³/mol. The first kappa shape index (κ1) is 20.8. The molecule has 1 aliphatic rings. The number of imidazole rings is 1. The van der Waals surface area contributed by atoms with Crippen LogP contribution in [0.4, 0.5) is 0 Å². The summed E-state index contributed by atoms with van der Waals surface area (Å²) in [6.45, 7) is 4.04. The van der Waals surface area contributed by atoms with Crippen molar-refractivity contribution in [3.63, 3.8) is 0 Å². The van der Waals surface area contributed by atoms with Gasteiger partial charge in [0, 0.05) is 19.6 Å². The van der Waals surface area contributed by atoms with Crippen LogP contribution >= 0.6 is 0 Å². The molecule has 0 aliphatic carbocycles. The highest BCUT2D eigenvalue weighted by atomic mass is 32.2. The molecule has 0 atom stereocenters. The summed E-state index contributed by atoms with van der Waals surface area (Å²) < 4.78 is 31.3. The molecule has 9 heteroatoms. The quantitative estimate of drug-likeness (QED) is 0.465. The van der Waals surface area contributed by atoms with Gasteiger partial charge in [-0.05, 0) is 50.1 Å². The zero-order chi connectivity index (χ0) is 22.3. The summed E-state index contributed by atoms with van der Waals surface area (Å²) in [7, 11) is -3.53. The van der Waals surface area contributed by atoms with E-state index in [0.29, 0.717) is 41.9 Å². The minimum Gasteiger partial charge on any atom is -0.327 e. The second-order valence-corrected chi connectivity index (χ2v) is 10.0. The average molecular weight is 452 g/mol. The Morgan fingerprint density at radius 1 is 1.00 bits per heavy atom. The summed E-state index contributed by atoms with van der Waals surface area (Å²) in [6, 6.07) is 12.4. The van der Waals surface area contributed by atoms with Crippen molar-refractivity contribution >= 4 is 32.0 Å². The van der Waals surface area contributed by atoms with Crippen molar-refractivity contribution in [1.82, 2.24) is 23.4 Å². The van der Waals surface area contributed by atoms with E-state index in [0.717, 1.165) is 24.8 Å². The van der Waals surface area contributed by atoms with E-state index in [1.54, 1.807) is 27.1 Å². The molecule has 0 radical (unpaired) electrons. The minimum absolute atomic E-state index is 0.126. The van der Waals surface area contributed by atoms with Crippen LogP contribution in [0.25, 0.3) is 21.9 Å². The maximum Gasteiger partial charge on any atom is 0.261 e. The molecule has 0 saturated carbocycles. The Kier molecular flexibility index (Phi) is 5.30. The molecule has 0 spiro atoms. The molecule has 0 N–H and O–H groups in total. The monoisotopic (exact) mass is 451 g/mol. The third kappa shape index (κ3) is 3.51. The lowest BCUT2D eigenvalue weighted by Gasteiger charge is -2.25. The molecule has 0 unspecified atom stereocenters. The van der Waals surface area contributed by atoms with Crippen molar-refractivity contribution in [2.75, 3.05) is 13.1 Å². The second kappa shape index (κ2) is 8.14. The van der Waals surface area contributed by atoms with Gasteiger partial charge < -0.3 is 4.57 Å². The highest BCUT2D eigenvalue weighted by Gasteiger charge is 2.26. The predicted octanol–water partition coefficient (Wildman–Crippen LogP) is 2.99. The van der Waals surface area contributed by atoms with Crippen molar-refractivity contribution in [2.24, 2.45) is 0 Å². The van der Waals surface area contributed by atoms with Gasteiger partial charge in [0.1, 0.15) is 5.82 Å². The summed E-state index contributed by atoms with van der Waals surface area (Å²) >= 11 is 0. The van der Waals surface area contributed by atoms with Crippen molar-refractivity contribution in [3.8, 4) is 0 Å². The normalized spacial score (nSPS) is 15.5. The van der Waals surface area contributed by atoms with Crippen LogP contribution in [-0.4, -0.2) is 44.9 Å². The van der Waals surface area contributed by atoms with Gasteiger partial charge in [-0.1, -0.05) is 18.6 Å². The number of piperidine rings is 1. The lowest BCUT2D eigenvalue weighted by Crippen LogP contribution is -2.35. The maximum atomic E-state index is 13.1. The van der Waals surface area contributed by atoms with Gasteiger partial charge in [0.25, 0.3) is 5.56 Å². The first-order valence-corrected chi connectivity index (χ1v) is 12.4. The van der Waals surface area contributed by atoms with Gasteiger partial charge in [0.05, 0.1) is 39.7 Å². The van der Waals surface area contributed by atoms with Gasteiger partial charge >= 0.3 is 0 Å². The van der Waals surface area contributed by atoms with Crippen LogP contribution in [0, 0.1) is 0 Å². The number of rotatable bonds is 5. The number of hydrogen-bond donors (Lipinski definition) is 0. The highest BCUT2D eigenvalue weighted by molar-refractivity contribution is 7.89. The molecule has 5 rings (SSSR count). The molecule has 32 heavy (non-hydrogen) atoms. The first-order chi connectivity index (χ1) is 15.5. The SMILES string of the molecule is CCn1c(Cn2cnc3ccccc3c2=O)nc2cc(S(=O)(=O)N3CCCCC3)ccc21. The molecule has 0 amide bonds. The van der Waals surface area contributed by atoms with Crippen molar-refractivity contribution in [3.05, 3.63) is 65.0 Å². The molecule has 4 aromatic rings. The third-order valence-corrected chi connectivity index (χ3v) is 8.01. The number of fused-ring (bicyclic) bond motifs is 2. The fourth-order valence-corrected chi connectivity index (χ4v) is 5.96. The number of sulfonamides is 1. The number of benzene rings is 2. The Balaban J connectivity index is 1.55. The van der Waals surface area contributed by atoms with E-state index < -0.39 is 10.0 Å². The zero-order valence-corrected chi connectivity index (χ0v) is 18.8. The number of hydrogen-bond acceptors (Lipinski definition) is 5. The van der Waals surface area contributed by atoms with E-state index in [2.05, 4.69) is 4.98 Å². The van der Waals surface area contributed by atoms with Crippen LogP contribution in [0.1, 0.15) is 32.0 Å². The van der Waals surface area contributed by atoms with Gasteiger partial charge in [0.15, 0.2) is 0 Å². The Morgan fingerprint density at radius 3 is 2.56 bits per heavy atom. The van der Waals surface area contributed by atoms with E-state index in [4.69, 9.17) is 4.98 Å². The minimum atomic E-state index is -3.53. The van der Waals surface area contributed by atoms with E-state index in [1.165, 1.54) is 6.33 Å². The Hall–Kier alpha value is -3.04. The van der Waals surface area contributed by atoms with Crippen LogP contribution in [0.3, 0.4) is 0 Å². The van der Waals surface area contributed by atoms with Gasteiger partial charge in [-0.25, -0.2) is 18.4 Å². The molecular formula is C23H25N5O3S. The zero-order valence-electron chi connectivity index (χ0n) is 17.9. The number of nitrogens with zero attached hydrogens (tertiary/aromatic N) is 5. The average Bonchev–Trinajstić information content (AvgIpc) is 3.18. The van der Waals surface area contributed by atoms with Gasteiger partial charge in [-0.15, -0.1) is 0 Å². The van der Waals surface area contributed by atoms with Crippen molar-refractivity contribution in [2.45, 2.75) is 44.2 Å². The molecule has 1 fully saturated rings. The Bertz CT molecular complexity index is 1470. The van der Waals surface area contributed by atoms with E-state index in [-0.39, 0.29) is 17.0 Å². The first-order valence-electron chi connectivity index (χ1n) is 10.9. The molecule has 3 heterocycles. The second-order valence-electron chi connectivity index (χ2n) is 8.08. The molecule has 166 valence electrons. The number of aromatic nitrogens is 4. The van der Waals surface area contributed by atoms with E-state index >= 15 is 0 Å². The number of para-hydroxylation sites is 1. The van der Waals surface area contributed by atoms with Crippen LogP contribution in [0.2, 0.25) is 0 Å². The number of aryl methyl sites for hydroxylation is 1. The molecule has 1 saturated heterocycles. The van der Waals surface area contributed by atoms with E-state index in [9.17, 15) is 13.2 Å². The third-order valence-electron chi connectivity index (χ3n) is 6.11. The fraction of sp³-hybridized carbons (Fsp3) is 0.348. The lowest BCUT2D eigenvalue weighted by atomic mass is 10.2. The molecule has 2 aromatic heterocycles. The van der Waals surface area contributed by atoms with Gasteiger partial charge in [-0.3, -0.25) is 9.36 Å². The summed E-state index contributed by atoms with van der Waals surface area (Å²) in [5.74, 6) is 0.689.